The van der Waals surface area contributed by atoms with E-state index in [0.717, 1.165) is 16.8 Å². The van der Waals surface area contributed by atoms with Gasteiger partial charge in [-0.1, -0.05) is 18.2 Å². The Bertz CT molecular complexity index is 1110. The zero-order valence-electron chi connectivity index (χ0n) is 14.9. The summed E-state index contributed by atoms with van der Waals surface area (Å²) in [4.78, 5) is 14.7. The highest BCUT2D eigenvalue weighted by molar-refractivity contribution is 5.97. The Labute approximate surface area is 156 Å². The molecule has 3 aromatic rings. The maximum atomic E-state index is 12.7. The van der Waals surface area contributed by atoms with E-state index in [1.807, 2.05) is 55.4 Å². The van der Waals surface area contributed by atoms with Crippen LogP contribution >= 0.6 is 0 Å². The van der Waals surface area contributed by atoms with Gasteiger partial charge in [0.05, 0.1) is 5.56 Å². The standard InChI is InChI=1S/C22H17NO4/c1-23(2)13-7-9-17-19(11-13)26-20-12-14(24)8-10-18(20)22(17)16-6-4-3-5-15(16)21(25)27-22/h3-12,24H,1-2H3. The van der Waals surface area contributed by atoms with Crippen molar-refractivity contribution in [3.8, 4) is 17.2 Å². The van der Waals surface area contributed by atoms with Crippen molar-refractivity contribution in [2.45, 2.75) is 5.60 Å². The fourth-order valence-electron chi connectivity index (χ4n) is 3.93. The first kappa shape index (κ1) is 15.8. The predicted molar refractivity (Wildman–Crippen MR) is 101 cm³/mol. The first-order valence-electron chi connectivity index (χ1n) is 8.67. The van der Waals surface area contributed by atoms with Crippen molar-refractivity contribution in [1.29, 1.82) is 0 Å². The lowest BCUT2D eigenvalue weighted by Gasteiger charge is -2.37. The second-order valence-corrected chi connectivity index (χ2v) is 6.97. The molecule has 0 radical (unpaired) electrons. The number of carbonyl (C=O) groups excluding carboxylic acids is 1. The molecule has 3 aromatic carbocycles. The summed E-state index contributed by atoms with van der Waals surface area (Å²) in [6, 6.07) is 18.1. The van der Waals surface area contributed by atoms with Gasteiger partial charge in [0.15, 0.2) is 5.60 Å². The van der Waals surface area contributed by atoms with Gasteiger partial charge in [0, 0.05) is 48.6 Å². The highest BCUT2D eigenvalue weighted by Gasteiger charge is 2.53. The summed E-state index contributed by atoms with van der Waals surface area (Å²) in [5, 5.41) is 9.96. The van der Waals surface area contributed by atoms with Crippen LogP contribution in [0.25, 0.3) is 0 Å². The summed E-state index contributed by atoms with van der Waals surface area (Å²) >= 11 is 0. The maximum Gasteiger partial charge on any atom is 0.340 e. The second kappa shape index (κ2) is 5.27. The minimum atomic E-state index is -1.09. The molecule has 1 N–H and O–H groups in total. The average Bonchev–Trinajstić information content (AvgIpc) is 2.95. The van der Waals surface area contributed by atoms with Crippen molar-refractivity contribution >= 4 is 11.7 Å². The number of phenolic OH excluding ortho intramolecular Hbond substituents is 1. The van der Waals surface area contributed by atoms with Gasteiger partial charge in [-0.05, 0) is 30.3 Å². The van der Waals surface area contributed by atoms with Crippen LogP contribution in [0.2, 0.25) is 0 Å². The van der Waals surface area contributed by atoms with E-state index in [-0.39, 0.29) is 11.7 Å². The topological polar surface area (TPSA) is 59.0 Å². The predicted octanol–water partition coefficient (Wildman–Crippen LogP) is 4.03. The zero-order valence-corrected chi connectivity index (χ0v) is 14.9. The van der Waals surface area contributed by atoms with Gasteiger partial charge >= 0.3 is 5.97 Å². The molecular weight excluding hydrogens is 342 g/mol. The monoisotopic (exact) mass is 359 g/mol. The van der Waals surface area contributed by atoms with Gasteiger partial charge in [0.1, 0.15) is 17.2 Å². The number of rotatable bonds is 1. The largest absolute Gasteiger partial charge is 0.508 e. The minimum Gasteiger partial charge on any atom is -0.508 e. The van der Waals surface area contributed by atoms with Crippen molar-refractivity contribution in [1.82, 2.24) is 0 Å². The number of anilines is 1. The highest BCUT2D eigenvalue weighted by Crippen LogP contribution is 2.56. The summed E-state index contributed by atoms with van der Waals surface area (Å²) < 4.78 is 12.1. The number of esters is 1. The van der Waals surface area contributed by atoms with E-state index in [4.69, 9.17) is 9.47 Å². The van der Waals surface area contributed by atoms with Crippen molar-refractivity contribution < 1.29 is 19.4 Å². The fraction of sp³-hybridized carbons (Fsp3) is 0.136. The van der Waals surface area contributed by atoms with Crippen molar-refractivity contribution in [2.75, 3.05) is 19.0 Å². The van der Waals surface area contributed by atoms with Crippen LogP contribution in [-0.4, -0.2) is 25.2 Å². The van der Waals surface area contributed by atoms with Crippen LogP contribution in [0.15, 0.2) is 60.7 Å². The third kappa shape index (κ3) is 2.02. The number of aromatic hydroxyl groups is 1. The number of benzene rings is 3. The Kier molecular flexibility index (Phi) is 3.07. The molecule has 5 heteroatoms. The molecule has 1 spiro atoms. The lowest BCUT2D eigenvalue weighted by molar-refractivity contribution is 0.0224. The first-order chi connectivity index (χ1) is 13.0. The normalized spacial score (nSPS) is 19.0. The van der Waals surface area contributed by atoms with Crippen LogP contribution in [0.3, 0.4) is 0 Å². The molecule has 0 aliphatic carbocycles. The van der Waals surface area contributed by atoms with Crippen molar-refractivity contribution in [2.24, 2.45) is 0 Å². The molecule has 0 fully saturated rings. The molecule has 2 aliphatic heterocycles. The molecule has 1 unspecified atom stereocenters. The SMILES string of the molecule is CN(C)c1ccc2c(c1)Oc1cc(O)ccc1C21OC(=O)c2ccccc21. The first-order valence-corrected chi connectivity index (χ1v) is 8.67. The third-order valence-electron chi connectivity index (χ3n) is 5.20. The summed E-state index contributed by atoms with van der Waals surface area (Å²) in [5.74, 6) is 0.801. The lowest BCUT2D eigenvalue weighted by atomic mass is 9.77. The summed E-state index contributed by atoms with van der Waals surface area (Å²) in [5.41, 5.74) is 2.67. The van der Waals surface area contributed by atoms with E-state index >= 15 is 0 Å². The van der Waals surface area contributed by atoms with Crippen LogP contribution in [0.4, 0.5) is 5.69 Å². The number of nitrogens with zero attached hydrogens (tertiary/aromatic N) is 1. The van der Waals surface area contributed by atoms with E-state index in [1.54, 1.807) is 24.3 Å². The molecule has 5 rings (SSSR count). The fourth-order valence-corrected chi connectivity index (χ4v) is 3.93. The summed E-state index contributed by atoms with van der Waals surface area (Å²) in [6.45, 7) is 0. The minimum absolute atomic E-state index is 0.0914. The van der Waals surface area contributed by atoms with Crippen LogP contribution < -0.4 is 9.64 Å². The van der Waals surface area contributed by atoms with Gasteiger partial charge in [-0.3, -0.25) is 0 Å². The molecule has 0 aromatic heterocycles. The zero-order chi connectivity index (χ0) is 18.8. The molecule has 0 saturated heterocycles. The number of fused-ring (bicyclic) bond motifs is 6. The number of ether oxygens (including phenoxy) is 2. The Hall–Kier alpha value is -3.47. The van der Waals surface area contributed by atoms with Crippen LogP contribution in [-0.2, 0) is 10.3 Å². The Morgan fingerprint density at radius 1 is 0.889 bits per heavy atom. The Morgan fingerprint density at radius 2 is 1.59 bits per heavy atom. The van der Waals surface area contributed by atoms with Crippen molar-refractivity contribution in [3.05, 3.63) is 82.9 Å². The smallest absolute Gasteiger partial charge is 0.340 e. The van der Waals surface area contributed by atoms with Gasteiger partial charge in [0.2, 0.25) is 0 Å². The number of hydrogen-bond acceptors (Lipinski definition) is 5. The highest BCUT2D eigenvalue weighted by atomic mass is 16.6. The number of phenols is 1. The Balaban J connectivity index is 1.86. The quantitative estimate of drug-likeness (QED) is 0.665. The molecule has 27 heavy (non-hydrogen) atoms. The van der Waals surface area contributed by atoms with Crippen LogP contribution in [0.1, 0.15) is 27.0 Å². The summed E-state index contributed by atoms with van der Waals surface area (Å²) in [6.07, 6.45) is 0. The molecule has 2 heterocycles. The molecular formula is C22H17NO4. The maximum absolute atomic E-state index is 12.7. The molecule has 134 valence electrons. The second-order valence-electron chi connectivity index (χ2n) is 6.97. The third-order valence-corrected chi connectivity index (χ3v) is 5.20. The molecule has 1 atom stereocenters. The van der Waals surface area contributed by atoms with E-state index in [0.29, 0.717) is 22.6 Å². The Morgan fingerprint density at radius 3 is 2.37 bits per heavy atom. The molecule has 0 amide bonds. The van der Waals surface area contributed by atoms with Gasteiger partial charge in [-0.25, -0.2) is 4.79 Å². The number of hydrogen-bond donors (Lipinski definition) is 1. The van der Waals surface area contributed by atoms with E-state index in [9.17, 15) is 9.90 Å². The molecule has 5 nitrogen and oxygen atoms in total. The van der Waals surface area contributed by atoms with Crippen LogP contribution in [0.5, 0.6) is 17.2 Å². The van der Waals surface area contributed by atoms with E-state index < -0.39 is 5.60 Å². The van der Waals surface area contributed by atoms with Gasteiger partial charge in [-0.15, -0.1) is 0 Å². The van der Waals surface area contributed by atoms with Crippen LogP contribution in [0, 0.1) is 0 Å². The molecule has 0 bridgehead atoms. The summed E-state index contributed by atoms with van der Waals surface area (Å²) in [7, 11) is 3.90. The number of carbonyl (C=O) groups is 1. The van der Waals surface area contributed by atoms with E-state index in [1.165, 1.54) is 0 Å². The molecule has 0 saturated carbocycles. The lowest BCUT2D eigenvalue weighted by Crippen LogP contribution is -2.33. The van der Waals surface area contributed by atoms with Gasteiger partial charge < -0.3 is 19.5 Å². The van der Waals surface area contributed by atoms with Gasteiger partial charge in [0.25, 0.3) is 0 Å². The molecule has 2 aliphatic rings. The van der Waals surface area contributed by atoms with E-state index in [2.05, 4.69) is 0 Å². The van der Waals surface area contributed by atoms with Gasteiger partial charge in [-0.2, -0.15) is 0 Å². The average molecular weight is 359 g/mol. The van der Waals surface area contributed by atoms with Crippen molar-refractivity contribution in [3.63, 3.8) is 0 Å².